The van der Waals surface area contributed by atoms with E-state index in [-0.39, 0.29) is 23.0 Å². The molecule has 0 heterocycles. The SMILES string of the molecule is CCNC(=O)[C@H](C)N(Cc1ccc(Br)cc1)C(=O)CN(c1ccc(Oc2ccccc2)cc1)S(=O)(=O)c1ccccc1. The molecular formula is C32H32BrN3O5S. The third kappa shape index (κ3) is 7.77. The molecule has 4 aromatic rings. The van der Waals surface area contributed by atoms with Crippen molar-refractivity contribution in [2.75, 3.05) is 17.4 Å². The number of rotatable bonds is 12. The van der Waals surface area contributed by atoms with Crippen molar-refractivity contribution in [1.82, 2.24) is 10.2 Å². The van der Waals surface area contributed by atoms with Gasteiger partial charge in [-0.05, 0) is 80.1 Å². The fourth-order valence-electron chi connectivity index (χ4n) is 4.24. The minimum absolute atomic E-state index is 0.0404. The molecule has 2 amide bonds. The van der Waals surface area contributed by atoms with Crippen LogP contribution in [0.2, 0.25) is 0 Å². The van der Waals surface area contributed by atoms with Crippen LogP contribution in [0.4, 0.5) is 5.69 Å². The normalized spacial score (nSPS) is 11.8. The summed E-state index contributed by atoms with van der Waals surface area (Å²) in [6.45, 7) is 3.43. The van der Waals surface area contributed by atoms with E-state index in [4.69, 9.17) is 4.74 Å². The molecule has 0 aliphatic rings. The van der Waals surface area contributed by atoms with Gasteiger partial charge in [-0.25, -0.2) is 8.42 Å². The summed E-state index contributed by atoms with van der Waals surface area (Å²) < 4.78 is 35.6. The van der Waals surface area contributed by atoms with Crippen molar-refractivity contribution in [3.63, 3.8) is 0 Å². The number of sulfonamides is 1. The molecule has 0 aliphatic carbocycles. The lowest BCUT2D eigenvalue weighted by molar-refractivity contribution is -0.139. The van der Waals surface area contributed by atoms with Gasteiger partial charge >= 0.3 is 0 Å². The molecule has 4 aromatic carbocycles. The third-order valence-corrected chi connectivity index (χ3v) is 8.81. The Morgan fingerprint density at radius 3 is 2.00 bits per heavy atom. The Morgan fingerprint density at radius 1 is 0.833 bits per heavy atom. The van der Waals surface area contributed by atoms with Crippen LogP contribution in [0.5, 0.6) is 11.5 Å². The highest BCUT2D eigenvalue weighted by molar-refractivity contribution is 9.10. The third-order valence-electron chi connectivity index (χ3n) is 6.50. The Labute approximate surface area is 255 Å². The number of anilines is 1. The van der Waals surface area contributed by atoms with Crippen molar-refractivity contribution in [3.05, 3.63) is 119 Å². The average molecular weight is 651 g/mol. The van der Waals surface area contributed by atoms with E-state index in [2.05, 4.69) is 21.2 Å². The van der Waals surface area contributed by atoms with Crippen LogP contribution in [-0.2, 0) is 26.2 Å². The Bertz CT molecular complexity index is 1580. The molecule has 0 spiro atoms. The van der Waals surface area contributed by atoms with E-state index in [1.54, 1.807) is 56.3 Å². The van der Waals surface area contributed by atoms with Gasteiger partial charge in [-0.3, -0.25) is 13.9 Å². The molecule has 0 aromatic heterocycles. The smallest absolute Gasteiger partial charge is 0.264 e. The van der Waals surface area contributed by atoms with Crippen molar-refractivity contribution < 1.29 is 22.7 Å². The topological polar surface area (TPSA) is 96.0 Å². The second-order valence-corrected chi connectivity index (χ2v) is 12.2. The summed E-state index contributed by atoms with van der Waals surface area (Å²) in [4.78, 5) is 28.2. The lowest BCUT2D eigenvalue weighted by Gasteiger charge is -2.32. The Hall–Kier alpha value is -4.15. The lowest BCUT2D eigenvalue weighted by atomic mass is 10.1. The molecule has 10 heteroatoms. The van der Waals surface area contributed by atoms with Crippen molar-refractivity contribution in [2.24, 2.45) is 0 Å². The number of halogens is 1. The highest BCUT2D eigenvalue weighted by atomic mass is 79.9. The van der Waals surface area contributed by atoms with E-state index in [9.17, 15) is 18.0 Å². The van der Waals surface area contributed by atoms with E-state index in [0.717, 1.165) is 14.3 Å². The number of para-hydroxylation sites is 1. The molecule has 8 nitrogen and oxygen atoms in total. The molecule has 1 atom stereocenters. The molecular weight excluding hydrogens is 618 g/mol. The zero-order valence-electron chi connectivity index (χ0n) is 23.3. The summed E-state index contributed by atoms with van der Waals surface area (Å²) in [6.07, 6.45) is 0. The van der Waals surface area contributed by atoms with Gasteiger partial charge < -0.3 is 15.0 Å². The first-order valence-electron chi connectivity index (χ1n) is 13.4. The van der Waals surface area contributed by atoms with E-state index in [1.807, 2.05) is 54.6 Å². The number of benzene rings is 4. The van der Waals surface area contributed by atoms with Crippen LogP contribution < -0.4 is 14.4 Å². The summed E-state index contributed by atoms with van der Waals surface area (Å²) in [7, 11) is -4.15. The van der Waals surface area contributed by atoms with Gasteiger partial charge in [0.15, 0.2) is 0 Å². The molecule has 1 N–H and O–H groups in total. The number of likely N-dealkylation sites (N-methyl/N-ethyl adjacent to an activating group) is 1. The van der Waals surface area contributed by atoms with Crippen LogP contribution in [0, 0.1) is 0 Å². The number of hydrogen-bond acceptors (Lipinski definition) is 5. The Kier molecular flexibility index (Phi) is 10.4. The van der Waals surface area contributed by atoms with E-state index < -0.39 is 28.5 Å². The summed E-state index contributed by atoms with van der Waals surface area (Å²) in [5.74, 6) is 0.288. The maximum absolute atomic E-state index is 13.9. The fraction of sp³-hybridized carbons (Fsp3) is 0.188. The minimum Gasteiger partial charge on any atom is -0.457 e. The van der Waals surface area contributed by atoms with Crippen LogP contribution in [-0.4, -0.2) is 44.3 Å². The van der Waals surface area contributed by atoms with Crippen LogP contribution in [0.15, 0.2) is 119 Å². The van der Waals surface area contributed by atoms with Gasteiger partial charge in [0.2, 0.25) is 11.8 Å². The fourth-order valence-corrected chi connectivity index (χ4v) is 5.94. The predicted molar refractivity (Wildman–Crippen MR) is 167 cm³/mol. The molecule has 0 aliphatic heterocycles. The molecule has 4 rings (SSSR count). The van der Waals surface area contributed by atoms with Crippen molar-refractivity contribution in [3.8, 4) is 11.5 Å². The first-order chi connectivity index (χ1) is 20.2. The number of carbonyl (C=O) groups is 2. The van der Waals surface area contributed by atoms with Gasteiger partial charge in [-0.1, -0.05) is 64.5 Å². The van der Waals surface area contributed by atoms with E-state index in [1.165, 1.54) is 17.0 Å². The van der Waals surface area contributed by atoms with Gasteiger partial charge in [0, 0.05) is 17.6 Å². The van der Waals surface area contributed by atoms with Crippen LogP contribution >= 0.6 is 15.9 Å². The van der Waals surface area contributed by atoms with Gasteiger partial charge in [0.05, 0.1) is 10.6 Å². The van der Waals surface area contributed by atoms with Gasteiger partial charge in [0.25, 0.3) is 10.0 Å². The maximum atomic E-state index is 13.9. The molecule has 218 valence electrons. The van der Waals surface area contributed by atoms with Gasteiger partial charge in [0.1, 0.15) is 24.1 Å². The Morgan fingerprint density at radius 2 is 1.40 bits per heavy atom. The molecule has 0 bridgehead atoms. The van der Waals surface area contributed by atoms with Crippen LogP contribution in [0.3, 0.4) is 0 Å². The predicted octanol–water partition coefficient (Wildman–Crippen LogP) is 5.99. The summed E-state index contributed by atoms with van der Waals surface area (Å²) in [5.41, 5.74) is 1.07. The highest BCUT2D eigenvalue weighted by Crippen LogP contribution is 2.28. The minimum atomic E-state index is -4.15. The molecule has 0 radical (unpaired) electrons. The highest BCUT2D eigenvalue weighted by Gasteiger charge is 2.32. The number of hydrogen-bond donors (Lipinski definition) is 1. The number of nitrogens with one attached hydrogen (secondary N) is 1. The maximum Gasteiger partial charge on any atom is 0.264 e. The van der Waals surface area contributed by atoms with Crippen LogP contribution in [0.1, 0.15) is 19.4 Å². The average Bonchev–Trinajstić information content (AvgIpc) is 3.00. The lowest BCUT2D eigenvalue weighted by Crippen LogP contribution is -2.51. The quantitative estimate of drug-likeness (QED) is 0.203. The first-order valence-corrected chi connectivity index (χ1v) is 15.6. The van der Waals surface area contributed by atoms with Crippen molar-refractivity contribution in [1.29, 1.82) is 0 Å². The molecule has 42 heavy (non-hydrogen) atoms. The summed E-state index contributed by atoms with van der Waals surface area (Å²) in [5, 5.41) is 2.76. The van der Waals surface area contributed by atoms with E-state index >= 15 is 0 Å². The molecule has 0 unspecified atom stereocenters. The van der Waals surface area contributed by atoms with Crippen molar-refractivity contribution in [2.45, 2.75) is 31.3 Å². The second-order valence-electron chi connectivity index (χ2n) is 9.45. The second kappa shape index (κ2) is 14.2. The Balaban J connectivity index is 1.68. The number of ether oxygens (including phenoxy) is 1. The summed E-state index contributed by atoms with van der Waals surface area (Å²) in [6, 6.07) is 30.2. The number of carbonyl (C=O) groups excluding carboxylic acids is 2. The first kappa shape index (κ1) is 30.8. The van der Waals surface area contributed by atoms with Crippen molar-refractivity contribution >= 4 is 43.5 Å². The summed E-state index contributed by atoms with van der Waals surface area (Å²) >= 11 is 3.41. The van der Waals surface area contributed by atoms with E-state index in [0.29, 0.717) is 18.0 Å². The van der Waals surface area contributed by atoms with Gasteiger partial charge in [-0.2, -0.15) is 0 Å². The standard InChI is InChI=1S/C32H32BrN3O5S/c1-3-34-32(38)24(2)35(22-25-14-16-26(33)17-15-25)31(37)23-36(42(39,40)30-12-8-5-9-13-30)27-18-20-29(21-19-27)41-28-10-6-4-7-11-28/h4-21,24H,3,22-23H2,1-2H3,(H,34,38)/t24-/m0/s1. The zero-order valence-corrected chi connectivity index (χ0v) is 25.7. The zero-order chi connectivity index (χ0) is 30.1. The molecule has 0 saturated carbocycles. The largest absolute Gasteiger partial charge is 0.457 e. The monoisotopic (exact) mass is 649 g/mol. The van der Waals surface area contributed by atoms with Crippen LogP contribution in [0.25, 0.3) is 0 Å². The molecule has 0 saturated heterocycles. The molecule has 0 fully saturated rings. The number of amides is 2. The van der Waals surface area contributed by atoms with Gasteiger partial charge in [-0.15, -0.1) is 0 Å². The number of nitrogens with zero attached hydrogens (tertiary/aromatic N) is 2.